The minimum atomic E-state index is -0.118. The van der Waals surface area contributed by atoms with E-state index in [0.29, 0.717) is 18.1 Å². The van der Waals surface area contributed by atoms with Crippen molar-refractivity contribution in [3.8, 4) is 0 Å². The maximum Gasteiger partial charge on any atom is 0.244 e. The van der Waals surface area contributed by atoms with Gasteiger partial charge in [0.2, 0.25) is 5.91 Å². The Morgan fingerprint density at radius 2 is 2.11 bits per heavy atom. The molecule has 4 nitrogen and oxygen atoms in total. The average Bonchev–Trinajstić information content (AvgIpc) is 2.79. The van der Waals surface area contributed by atoms with Crippen molar-refractivity contribution in [3.63, 3.8) is 0 Å². The largest absolute Gasteiger partial charge is 0.395 e. The van der Waals surface area contributed by atoms with Crippen LogP contribution >= 0.6 is 11.6 Å². The molecule has 1 N–H and O–H groups in total. The van der Waals surface area contributed by atoms with Crippen molar-refractivity contribution < 1.29 is 9.90 Å². The Labute approximate surface area is 118 Å². The van der Waals surface area contributed by atoms with E-state index in [0.717, 1.165) is 18.7 Å². The summed E-state index contributed by atoms with van der Waals surface area (Å²) in [6.45, 7) is 4.12. The first kappa shape index (κ1) is 14.3. The van der Waals surface area contributed by atoms with Gasteiger partial charge in [0.05, 0.1) is 12.6 Å². The third kappa shape index (κ3) is 3.08. The van der Waals surface area contributed by atoms with Crippen LogP contribution in [0.5, 0.6) is 0 Å². The van der Waals surface area contributed by atoms with Gasteiger partial charge in [0.25, 0.3) is 0 Å². The summed E-state index contributed by atoms with van der Waals surface area (Å²) < 4.78 is 0. The first-order valence-electron chi connectivity index (χ1n) is 6.59. The summed E-state index contributed by atoms with van der Waals surface area (Å²) in [4.78, 5) is 16.3. The van der Waals surface area contributed by atoms with Gasteiger partial charge >= 0.3 is 0 Å². The van der Waals surface area contributed by atoms with E-state index in [1.54, 1.807) is 17.0 Å². The fourth-order valence-electron chi connectivity index (χ4n) is 2.54. The van der Waals surface area contributed by atoms with Crippen molar-refractivity contribution in [2.75, 3.05) is 31.1 Å². The van der Waals surface area contributed by atoms with E-state index < -0.39 is 0 Å². The van der Waals surface area contributed by atoms with Gasteiger partial charge in [-0.05, 0) is 37.2 Å². The number of carbonyl (C=O) groups is 1. The number of rotatable bonds is 5. The van der Waals surface area contributed by atoms with E-state index in [1.807, 2.05) is 24.0 Å². The molecule has 0 aliphatic carbocycles. The van der Waals surface area contributed by atoms with Crippen molar-refractivity contribution in [2.24, 2.45) is 0 Å². The molecular formula is C14H19ClN2O2. The molecule has 0 radical (unpaired) electrons. The van der Waals surface area contributed by atoms with E-state index in [-0.39, 0.29) is 18.6 Å². The van der Waals surface area contributed by atoms with Crippen molar-refractivity contribution in [3.05, 3.63) is 29.3 Å². The van der Waals surface area contributed by atoms with E-state index in [9.17, 15) is 4.79 Å². The molecule has 1 saturated heterocycles. The number of aliphatic hydroxyl groups is 1. The molecule has 104 valence electrons. The molecule has 0 aromatic heterocycles. The number of likely N-dealkylation sites (N-methyl/N-ethyl adjacent to an activating group) is 1. The monoisotopic (exact) mass is 282 g/mol. The highest BCUT2D eigenvalue weighted by Gasteiger charge is 2.35. The van der Waals surface area contributed by atoms with Crippen molar-refractivity contribution >= 4 is 23.2 Å². The van der Waals surface area contributed by atoms with Gasteiger partial charge in [0.15, 0.2) is 0 Å². The lowest BCUT2D eigenvalue weighted by Gasteiger charge is -2.25. The van der Waals surface area contributed by atoms with E-state index in [4.69, 9.17) is 16.7 Å². The van der Waals surface area contributed by atoms with Gasteiger partial charge in [0.1, 0.15) is 0 Å². The van der Waals surface area contributed by atoms with Gasteiger partial charge < -0.3 is 10.0 Å². The summed E-state index contributed by atoms with van der Waals surface area (Å²) in [5.41, 5.74) is 0.886. The Hall–Kier alpha value is -1.10. The lowest BCUT2D eigenvalue weighted by molar-refractivity contribution is -0.121. The van der Waals surface area contributed by atoms with Crippen LogP contribution in [0.4, 0.5) is 5.69 Å². The van der Waals surface area contributed by atoms with Crippen LogP contribution in [0.1, 0.15) is 13.3 Å². The number of hydrogen-bond acceptors (Lipinski definition) is 3. The molecule has 0 bridgehead atoms. The zero-order chi connectivity index (χ0) is 13.8. The van der Waals surface area contributed by atoms with Gasteiger partial charge in [-0.1, -0.05) is 18.5 Å². The maximum absolute atomic E-state index is 12.4. The second-order valence-electron chi connectivity index (χ2n) is 4.62. The molecule has 1 atom stereocenters. The van der Waals surface area contributed by atoms with Gasteiger partial charge in [-0.2, -0.15) is 0 Å². The quantitative estimate of drug-likeness (QED) is 0.895. The fourth-order valence-corrected chi connectivity index (χ4v) is 2.67. The standard InChI is InChI=1S/C14H19ClN2O2/c1-2-16(9-10-18)13-7-8-17(14(13)19)12-5-3-11(15)4-6-12/h3-6,13,18H,2,7-10H2,1H3. The minimum absolute atomic E-state index is 0.0819. The molecule has 2 rings (SSSR count). The van der Waals surface area contributed by atoms with Gasteiger partial charge in [0, 0.05) is 23.8 Å². The van der Waals surface area contributed by atoms with Crippen LogP contribution in [0.25, 0.3) is 0 Å². The molecule has 19 heavy (non-hydrogen) atoms. The molecule has 0 spiro atoms. The predicted octanol–water partition coefficient (Wildman–Crippen LogP) is 1.76. The first-order valence-corrected chi connectivity index (χ1v) is 6.97. The normalized spacial score (nSPS) is 19.5. The van der Waals surface area contributed by atoms with Crippen LogP contribution in [-0.2, 0) is 4.79 Å². The highest BCUT2D eigenvalue weighted by Crippen LogP contribution is 2.25. The Morgan fingerprint density at radius 3 is 2.68 bits per heavy atom. The number of halogens is 1. The third-order valence-electron chi connectivity index (χ3n) is 3.55. The highest BCUT2D eigenvalue weighted by molar-refractivity contribution is 6.30. The van der Waals surface area contributed by atoms with Crippen LogP contribution in [0, 0.1) is 0 Å². The second kappa shape index (κ2) is 6.37. The van der Waals surface area contributed by atoms with Crippen LogP contribution in [-0.4, -0.2) is 48.2 Å². The number of anilines is 1. The number of aliphatic hydroxyl groups excluding tert-OH is 1. The molecule has 1 aromatic rings. The Morgan fingerprint density at radius 1 is 1.42 bits per heavy atom. The predicted molar refractivity (Wildman–Crippen MR) is 76.5 cm³/mol. The van der Waals surface area contributed by atoms with Crippen molar-refractivity contribution in [1.82, 2.24) is 4.90 Å². The topological polar surface area (TPSA) is 43.8 Å². The summed E-state index contributed by atoms with van der Waals surface area (Å²) in [6, 6.07) is 7.20. The van der Waals surface area contributed by atoms with Gasteiger partial charge in [-0.3, -0.25) is 9.69 Å². The summed E-state index contributed by atoms with van der Waals surface area (Å²) in [5.74, 6) is 0.109. The van der Waals surface area contributed by atoms with E-state index in [2.05, 4.69) is 0 Å². The SMILES string of the molecule is CCN(CCO)C1CCN(c2ccc(Cl)cc2)C1=O. The number of carbonyl (C=O) groups excluding carboxylic acids is 1. The highest BCUT2D eigenvalue weighted by atomic mass is 35.5. The van der Waals surface area contributed by atoms with Crippen molar-refractivity contribution in [1.29, 1.82) is 0 Å². The van der Waals surface area contributed by atoms with Crippen LogP contribution < -0.4 is 4.90 Å². The molecule has 5 heteroatoms. The lowest BCUT2D eigenvalue weighted by Crippen LogP contribution is -2.43. The molecule has 0 saturated carbocycles. The molecule has 1 aromatic carbocycles. The van der Waals surface area contributed by atoms with E-state index in [1.165, 1.54) is 0 Å². The fraction of sp³-hybridized carbons (Fsp3) is 0.500. The first-order chi connectivity index (χ1) is 9.17. The molecule has 1 fully saturated rings. The number of hydrogen-bond donors (Lipinski definition) is 1. The number of amides is 1. The summed E-state index contributed by atoms with van der Waals surface area (Å²) in [5, 5.41) is 9.72. The lowest BCUT2D eigenvalue weighted by atomic mass is 10.2. The second-order valence-corrected chi connectivity index (χ2v) is 5.06. The number of nitrogens with zero attached hydrogens (tertiary/aromatic N) is 2. The summed E-state index contributed by atoms with van der Waals surface area (Å²) in [6.07, 6.45) is 0.801. The summed E-state index contributed by atoms with van der Waals surface area (Å²) >= 11 is 5.86. The summed E-state index contributed by atoms with van der Waals surface area (Å²) in [7, 11) is 0. The molecular weight excluding hydrogens is 264 g/mol. The average molecular weight is 283 g/mol. The van der Waals surface area contributed by atoms with E-state index >= 15 is 0 Å². The minimum Gasteiger partial charge on any atom is -0.395 e. The van der Waals surface area contributed by atoms with Crippen molar-refractivity contribution in [2.45, 2.75) is 19.4 Å². The zero-order valence-electron chi connectivity index (χ0n) is 11.1. The molecule has 1 aliphatic rings. The number of benzene rings is 1. The Balaban J connectivity index is 2.10. The maximum atomic E-state index is 12.4. The third-order valence-corrected chi connectivity index (χ3v) is 3.80. The van der Waals surface area contributed by atoms with Crippen LogP contribution in [0.2, 0.25) is 5.02 Å². The van der Waals surface area contributed by atoms with Gasteiger partial charge in [-0.25, -0.2) is 0 Å². The molecule has 1 heterocycles. The van der Waals surface area contributed by atoms with Gasteiger partial charge in [-0.15, -0.1) is 0 Å². The molecule has 1 amide bonds. The van der Waals surface area contributed by atoms with Crippen LogP contribution in [0.3, 0.4) is 0 Å². The van der Waals surface area contributed by atoms with Crippen LogP contribution in [0.15, 0.2) is 24.3 Å². The smallest absolute Gasteiger partial charge is 0.244 e. The Kier molecular flexibility index (Phi) is 4.80. The molecule has 1 unspecified atom stereocenters. The Bertz CT molecular complexity index is 436. The molecule has 1 aliphatic heterocycles. The zero-order valence-corrected chi connectivity index (χ0v) is 11.8.